The zero-order valence-electron chi connectivity index (χ0n) is 14.7. The van der Waals surface area contributed by atoms with Crippen LogP contribution in [0.2, 0.25) is 0 Å². The van der Waals surface area contributed by atoms with Crippen LogP contribution in [-0.4, -0.2) is 58.4 Å². The number of carbonyl (C=O) groups excluding carboxylic acids is 1. The molecule has 0 spiro atoms. The molecule has 3 rings (SSSR count). The van der Waals surface area contributed by atoms with Crippen molar-refractivity contribution < 1.29 is 4.79 Å². The molecule has 128 valence electrons. The highest BCUT2D eigenvalue weighted by atomic mass is 16.2. The topological polar surface area (TPSA) is 52.2 Å². The van der Waals surface area contributed by atoms with E-state index in [9.17, 15) is 4.79 Å². The van der Waals surface area contributed by atoms with E-state index in [-0.39, 0.29) is 5.91 Å². The normalized spacial score (nSPS) is 19.0. The van der Waals surface area contributed by atoms with E-state index in [1.807, 2.05) is 11.0 Å². The van der Waals surface area contributed by atoms with Crippen LogP contribution in [0.25, 0.3) is 0 Å². The third-order valence-electron chi connectivity index (χ3n) is 4.75. The molecule has 1 saturated heterocycles. The maximum atomic E-state index is 12.8. The molecule has 1 aliphatic heterocycles. The van der Waals surface area contributed by atoms with Crippen molar-refractivity contribution in [2.24, 2.45) is 0 Å². The number of imidazole rings is 1. The Hall–Kier alpha value is -2.14. The molecule has 1 unspecified atom stereocenters. The fraction of sp³-hybridized carbons (Fsp3) is 0.474. The van der Waals surface area contributed by atoms with Crippen LogP contribution in [0.4, 0.5) is 0 Å². The molecule has 1 amide bonds. The molecule has 2 aromatic rings. The van der Waals surface area contributed by atoms with Crippen LogP contribution >= 0.6 is 0 Å². The summed E-state index contributed by atoms with van der Waals surface area (Å²) in [5.41, 5.74) is 1.91. The van der Waals surface area contributed by atoms with Crippen molar-refractivity contribution >= 4 is 5.91 Å². The highest BCUT2D eigenvalue weighted by molar-refractivity contribution is 5.92. The smallest absolute Gasteiger partial charge is 0.272 e. The second kappa shape index (κ2) is 7.18. The van der Waals surface area contributed by atoms with Gasteiger partial charge in [-0.3, -0.25) is 9.69 Å². The Morgan fingerprint density at radius 2 is 2.04 bits per heavy atom. The molecule has 0 aliphatic carbocycles. The molecule has 0 radical (unpaired) electrons. The predicted molar refractivity (Wildman–Crippen MR) is 95.1 cm³/mol. The first-order valence-electron chi connectivity index (χ1n) is 8.63. The maximum Gasteiger partial charge on any atom is 0.272 e. The molecule has 0 saturated carbocycles. The monoisotopic (exact) mass is 326 g/mol. The number of aromatic amines is 1. The summed E-state index contributed by atoms with van der Waals surface area (Å²) < 4.78 is 0. The first-order chi connectivity index (χ1) is 11.5. The highest BCUT2D eigenvalue weighted by Gasteiger charge is 2.28. The number of nitrogens with one attached hydrogen (secondary N) is 1. The molecule has 1 aliphatic rings. The lowest BCUT2D eigenvalue weighted by molar-refractivity contribution is 0.0542. The summed E-state index contributed by atoms with van der Waals surface area (Å²) >= 11 is 0. The van der Waals surface area contributed by atoms with E-state index in [4.69, 9.17) is 0 Å². The summed E-state index contributed by atoms with van der Waals surface area (Å²) in [7, 11) is 2.14. The Labute approximate surface area is 143 Å². The van der Waals surface area contributed by atoms with Crippen molar-refractivity contribution in [2.75, 3.05) is 26.7 Å². The zero-order chi connectivity index (χ0) is 17.1. The van der Waals surface area contributed by atoms with Crippen LogP contribution in [-0.2, 0) is 6.42 Å². The number of likely N-dealkylation sites (N-methyl/N-ethyl adjacent to an activating group) is 1. The minimum Gasteiger partial charge on any atom is -0.338 e. The number of piperazine rings is 1. The minimum atomic E-state index is 0.0561. The van der Waals surface area contributed by atoms with E-state index >= 15 is 0 Å². The molecular weight excluding hydrogens is 300 g/mol. The van der Waals surface area contributed by atoms with Gasteiger partial charge in [0, 0.05) is 31.6 Å². The molecule has 2 heterocycles. The van der Waals surface area contributed by atoms with Gasteiger partial charge in [-0.25, -0.2) is 4.98 Å². The third-order valence-corrected chi connectivity index (χ3v) is 4.75. The van der Waals surface area contributed by atoms with Gasteiger partial charge < -0.3 is 9.88 Å². The van der Waals surface area contributed by atoms with Gasteiger partial charge in [0.05, 0.1) is 6.20 Å². The summed E-state index contributed by atoms with van der Waals surface area (Å²) in [5, 5.41) is 0. The standard InChI is InChI=1S/C19H26N4O/c1-14(2)18-20-12-17(21-18)19(24)23-10-9-22(3)16(13-23)11-15-7-5-4-6-8-15/h4-8,12,14,16H,9-11,13H2,1-3H3,(H,20,21). The Morgan fingerprint density at radius 1 is 1.29 bits per heavy atom. The van der Waals surface area contributed by atoms with Crippen LogP contribution in [0.5, 0.6) is 0 Å². The van der Waals surface area contributed by atoms with E-state index in [0.29, 0.717) is 17.7 Å². The number of nitrogens with zero attached hydrogens (tertiary/aromatic N) is 3. The number of aromatic nitrogens is 2. The van der Waals surface area contributed by atoms with Gasteiger partial charge >= 0.3 is 0 Å². The molecule has 24 heavy (non-hydrogen) atoms. The second-order valence-electron chi connectivity index (χ2n) is 6.91. The molecule has 5 nitrogen and oxygen atoms in total. The lowest BCUT2D eigenvalue weighted by Gasteiger charge is -2.39. The summed E-state index contributed by atoms with van der Waals surface area (Å²) in [4.78, 5) is 24.6. The van der Waals surface area contributed by atoms with E-state index in [1.165, 1.54) is 5.56 Å². The molecule has 1 aromatic carbocycles. The van der Waals surface area contributed by atoms with Crippen molar-refractivity contribution in [1.29, 1.82) is 0 Å². The van der Waals surface area contributed by atoms with Crippen molar-refractivity contribution in [3.63, 3.8) is 0 Å². The SMILES string of the molecule is CC(C)c1ncc(C(=O)N2CCN(C)C(Cc3ccccc3)C2)[nH]1. The summed E-state index contributed by atoms with van der Waals surface area (Å²) in [6, 6.07) is 10.8. The van der Waals surface area contributed by atoms with Crippen molar-refractivity contribution in [1.82, 2.24) is 19.8 Å². The molecule has 1 atom stereocenters. The van der Waals surface area contributed by atoms with E-state index in [2.05, 4.69) is 60.0 Å². The Morgan fingerprint density at radius 3 is 2.71 bits per heavy atom. The van der Waals surface area contributed by atoms with Crippen LogP contribution in [0.3, 0.4) is 0 Å². The number of carbonyl (C=O) groups is 1. The van der Waals surface area contributed by atoms with Gasteiger partial charge in [-0.1, -0.05) is 44.2 Å². The Kier molecular flexibility index (Phi) is 5.00. The highest BCUT2D eigenvalue weighted by Crippen LogP contribution is 2.16. The molecule has 1 N–H and O–H groups in total. The van der Waals surface area contributed by atoms with E-state index < -0.39 is 0 Å². The largest absolute Gasteiger partial charge is 0.338 e. The number of benzene rings is 1. The fourth-order valence-corrected chi connectivity index (χ4v) is 3.15. The predicted octanol–water partition coefficient (Wildman–Crippen LogP) is 2.53. The van der Waals surface area contributed by atoms with Crippen molar-refractivity contribution in [3.8, 4) is 0 Å². The number of H-pyrrole nitrogens is 1. The lowest BCUT2D eigenvalue weighted by atomic mass is 10.0. The van der Waals surface area contributed by atoms with Crippen molar-refractivity contribution in [3.05, 3.63) is 53.6 Å². The molecule has 1 aromatic heterocycles. The molecule has 0 bridgehead atoms. The number of rotatable bonds is 4. The molecular formula is C19H26N4O. The number of hydrogen-bond donors (Lipinski definition) is 1. The minimum absolute atomic E-state index is 0.0561. The van der Waals surface area contributed by atoms with E-state index in [1.54, 1.807) is 6.20 Å². The number of amides is 1. The van der Waals surface area contributed by atoms with Gasteiger partial charge in [-0.2, -0.15) is 0 Å². The molecule has 1 fully saturated rings. The molecule has 5 heteroatoms. The van der Waals surface area contributed by atoms with Crippen molar-refractivity contribution in [2.45, 2.75) is 32.2 Å². The summed E-state index contributed by atoms with van der Waals surface area (Å²) in [6.45, 7) is 6.54. The Balaban J connectivity index is 1.68. The lowest BCUT2D eigenvalue weighted by Crippen LogP contribution is -2.54. The Bertz CT molecular complexity index is 680. The van der Waals surface area contributed by atoms with Crippen LogP contribution in [0.15, 0.2) is 36.5 Å². The van der Waals surface area contributed by atoms with Gasteiger partial charge in [0.15, 0.2) is 0 Å². The third kappa shape index (κ3) is 3.67. The van der Waals surface area contributed by atoms with Gasteiger partial charge in [0.25, 0.3) is 5.91 Å². The van der Waals surface area contributed by atoms with Crippen LogP contribution < -0.4 is 0 Å². The van der Waals surface area contributed by atoms with Crippen LogP contribution in [0, 0.1) is 0 Å². The average Bonchev–Trinajstić information content (AvgIpc) is 3.07. The average molecular weight is 326 g/mol. The van der Waals surface area contributed by atoms with Gasteiger partial charge in [0.2, 0.25) is 0 Å². The maximum absolute atomic E-state index is 12.8. The first-order valence-corrected chi connectivity index (χ1v) is 8.63. The van der Waals surface area contributed by atoms with Crippen LogP contribution in [0.1, 0.15) is 41.6 Å². The van der Waals surface area contributed by atoms with Gasteiger partial charge in [0.1, 0.15) is 11.5 Å². The summed E-state index contributed by atoms with van der Waals surface area (Å²) in [5.74, 6) is 1.22. The first kappa shape index (κ1) is 16.7. The zero-order valence-corrected chi connectivity index (χ0v) is 14.7. The van der Waals surface area contributed by atoms with Gasteiger partial charge in [-0.05, 0) is 19.0 Å². The second-order valence-corrected chi connectivity index (χ2v) is 6.91. The summed E-state index contributed by atoms with van der Waals surface area (Å²) in [6.07, 6.45) is 2.63. The van der Waals surface area contributed by atoms with E-state index in [0.717, 1.165) is 31.9 Å². The fourth-order valence-electron chi connectivity index (χ4n) is 3.15. The van der Waals surface area contributed by atoms with Gasteiger partial charge in [-0.15, -0.1) is 0 Å². The quantitative estimate of drug-likeness (QED) is 0.939. The number of hydrogen-bond acceptors (Lipinski definition) is 3.